The van der Waals surface area contributed by atoms with Crippen molar-refractivity contribution in [3.05, 3.63) is 5.82 Å². The molecule has 0 fully saturated rings. The molecule has 0 aromatic carbocycles. The Bertz CT molecular complexity index is 479. The molecule has 1 aromatic rings. The van der Waals surface area contributed by atoms with Crippen molar-refractivity contribution in [2.24, 2.45) is 0 Å². The van der Waals surface area contributed by atoms with Gasteiger partial charge in [-0.15, -0.1) is 0 Å². The summed E-state index contributed by atoms with van der Waals surface area (Å²) >= 11 is 0. The summed E-state index contributed by atoms with van der Waals surface area (Å²) in [4.78, 5) is 16.9. The Balaban J connectivity index is 3.34. The molecule has 1 unspecified atom stereocenters. The quantitative estimate of drug-likeness (QED) is 0.398. The van der Waals surface area contributed by atoms with E-state index >= 15 is 0 Å². The molecule has 0 saturated carbocycles. The van der Waals surface area contributed by atoms with Gasteiger partial charge in [0.05, 0.1) is 6.73 Å². The van der Waals surface area contributed by atoms with Gasteiger partial charge in [0.15, 0.2) is 12.1 Å². The molecule has 1 rings (SSSR count). The van der Waals surface area contributed by atoms with Crippen LogP contribution in [0.5, 0.6) is 0 Å². The molecule has 1 atom stereocenters. The van der Waals surface area contributed by atoms with E-state index in [1.54, 1.807) is 52.5 Å². The Labute approximate surface area is 159 Å². The van der Waals surface area contributed by atoms with E-state index in [1.807, 2.05) is 0 Å². The Morgan fingerprint density at radius 2 is 1.15 bits per heavy atom. The van der Waals surface area contributed by atoms with Crippen molar-refractivity contribution in [1.29, 1.82) is 0 Å². The normalized spacial score (nSPS) is 12.2. The zero-order valence-electron chi connectivity index (χ0n) is 16.8. The second kappa shape index (κ2) is 13.5. The van der Waals surface area contributed by atoms with Crippen molar-refractivity contribution in [1.82, 2.24) is 20.3 Å². The van der Waals surface area contributed by atoms with Crippen LogP contribution in [-0.2, 0) is 28.4 Å². The lowest BCUT2D eigenvalue weighted by Gasteiger charge is -2.26. The maximum Gasteiger partial charge on any atom is 0.234 e. The fourth-order valence-electron chi connectivity index (χ4n) is 2.14. The average molecular weight is 390 g/mol. The summed E-state index contributed by atoms with van der Waals surface area (Å²) in [6.07, 6.45) is -0.607. The number of hydrogen-bond donors (Lipinski definition) is 1. The number of nitrogens with zero attached hydrogens (tertiary/aromatic N) is 5. The van der Waals surface area contributed by atoms with E-state index in [2.05, 4.69) is 20.3 Å². The minimum Gasteiger partial charge on any atom is -0.369 e. The molecule has 0 aliphatic rings. The van der Waals surface area contributed by atoms with Crippen molar-refractivity contribution in [2.45, 2.75) is 6.23 Å². The fourth-order valence-corrected chi connectivity index (χ4v) is 2.14. The third-order valence-electron chi connectivity index (χ3n) is 3.22. The fraction of sp³-hybridized carbons (Fsp3) is 0.800. The molecule has 1 heterocycles. The van der Waals surface area contributed by atoms with Crippen molar-refractivity contribution in [3.8, 4) is 0 Å². The van der Waals surface area contributed by atoms with Crippen molar-refractivity contribution < 1.29 is 28.4 Å². The first-order valence-electron chi connectivity index (χ1n) is 8.11. The smallest absolute Gasteiger partial charge is 0.234 e. The lowest BCUT2D eigenvalue weighted by Crippen LogP contribution is -2.35. The highest BCUT2D eigenvalue weighted by Crippen LogP contribution is 2.19. The van der Waals surface area contributed by atoms with E-state index in [9.17, 15) is 0 Å². The minimum absolute atomic E-state index is 0.231. The van der Waals surface area contributed by atoms with Gasteiger partial charge in [0.25, 0.3) is 0 Å². The van der Waals surface area contributed by atoms with Gasteiger partial charge >= 0.3 is 0 Å². The predicted octanol–water partition coefficient (Wildman–Crippen LogP) is -0.261. The molecule has 1 N–H and O–H groups in total. The Morgan fingerprint density at radius 3 is 1.48 bits per heavy atom. The molecule has 0 amide bonds. The van der Waals surface area contributed by atoms with Crippen LogP contribution in [0, 0.1) is 0 Å². The van der Waals surface area contributed by atoms with Gasteiger partial charge in [0.1, 0.15) is 26.9 Å². The van der Waals surface area contributed by atoms with Crippen LogP contribution in [0.1, 0.15) is 12.1 Å². The number of ether oxygens (including phenoxy) is 6. The molecule has 1 aromatic heterocycles. The van der Waals surface area contributed by atoms with Crippen LogP contribution in [0.15, 0.2) is 0 Å². The molecule has 0 aliphatic heterocycles. The van der Waals surface area contributed by atoms with Gasteiger partial charge in [-0.05, 0) is 0 Å². The summed E-state index contributed by atoms with van der Waals surface area (Å²) in [7, 11) is 9.41. The summed E-state index contributed by atoms with van der Waals surface area (Å²) < 4.78 is 31.3. The van der Waals surface area contributed by atoms with Crippen LogP contribution in [0.25, 0.3) is 0 Å². The molecule has 12 nitrogen and oxygen atoms in total. The highest BCUT2D eigenvalue weighted by molar-refractivity contribution is 5.38. The van der Waals surface area contributed by atoms with Gasteiger partial charge in [-0.1, -0.05) is 0 Å². The van der Waals surface area contributed by atoms with Crippen LogP contribution >= 0.6 is 0 Å². The lowest BCUT2D eigenvalue weighted by atomic mass is 10.5. The SMILES string of the molecule is COCNC(OC)c1nc(N(COC)COC)nc(N(COC)COC)n1. The summed E-state index contributed by atoms with van der Waals surface area (Å²) in [6.45, 7) is 1.18. The van der Waals surface area contributed by atoms with E-state index in [0.717, 1.165) is 0 Å². The maximum absolute atomic E-state index is 5.44. The summed E-state index contributed by atoms with van der Waals surface area (Å²) in [5.74, 6) is 1.08. The molecular formula is C15H30N6O6. The first-order chi connectivity index (χ1) is 13.1. The molecule has 0 bridgehead atoms. The number of nitrogens with one attached hydrogen (secondary N) is 1. The standard InChI is InChI=1S/C15H30N6O6/c1-22-7-16-13(27-6)12-17-14(20(8-23-2)9-24-3)19-15(18-12)21(10-25-4)11-26-5/h13,16H,7-11H2,1-6H3. The molecule has 27 heavy (non-hydrogen) atoms. The Hall–Kier alpha value is -1.67. The van der Waals surface area contributed by atoms with E-state index in [-0.39, 0.29) is 33.7 Å². The number of methoxy groups -OCH3 is 6. The molecule has 0 spiro atoms. The lowest BCUT2D eigenvalue weighted by molar-refractivity contribution is 0.0310. The third-order valence-corrected chi connectivity index (χ3v) is 3.22. The Morgan fingerprint density at radius 1 is 0.704 bits per heavy atom. The maximum atomic E-state index is 5.44. The number of rotatable bonds is 15. The number of aromatic nitrogens is 3. The topological polar surface area (TPSA) is 113 Å². The number of anilines is 2. The van der Waals surface area contributed by atoms with E-state index in [4.69, 9.17) is 28.4 Å². The van der Waals surface area contributed by atoms with Crippen molar-refractivity contribution in [2.75, 3.05) is 86.1 Å². The average Bonchev–Trinajstić information content (AvgIpc) is 2.68. The van der Waals surface area contributed by atoms with Crippen LogP contribution in [-0.4, -0.2) is 91.3 Å². The summed E-state index contributed by atoms with van der Waals surface area (Å²) in [5.41, 5.74) is 0. The van der Waals surface area contributed by atoms with Crippen LogP contribution < -0.4 is 15.1 Å². The van der Waals surface area contributed by atoms with E-state index in [0.29, 0.717) is 17.7 Å². The largest absolute Gasteiger partial charge is 0.369 e. The van der Waals surface area contributed by atoms with Gasteiger partial charge in [-0.3, -0.25) is 15.1 Å². The van der Waals surface area contributed by atoms with Gasteiger partial charge in [0.2, 0.25) is 11.9 Å². The second-order valence-corrected chi connectivity index (χ2v) is 5.30. The predicted molar refractivity (Wildman–Crippen MR) is 97.1 cm³/mol. The molecule has 0 saturated heterocycles. The second-order valence-electron chi connectivity index (χ2n) is 5.30. The highest BCUT2D eigenvalue weighted by atomic mass is 16.5. The van der Waals surface area contributed by atoms with Crippen molar-refractivity contribution >= 4 is 11.9 Å². The first-order valence-corrected chi connectivity index (χ1v) is 8.11. The van der Waals surface area contributed by atoms with Crippen LogP contribution in [0.3, 0.4) is 0 Å². The molecular weight excluding hydrogens is 360 g/mol. The van der Waals surface area contributed by atoms with Gasteiger partial charge in [-0.25, -0.2) is 0 Å². The molecule has 12 heteroatoms. The third kappa shape index (κ3) is 7.46. The van der Waals surface area contributed by atoms with Crippen LogP contribution in [0.2, 0.25) is 0 Å². The molecule has 0 aliphatic carbocycles. The number of hydrogen-bond acceptors (Lipinski definition) is 12. The minimum atomic E-state index is -0.607. The highest BCUT2D eigenvalue weighted by Gasteiger charge is 2.22. The molecule has 0 radical (unpaired) electrons. The molecule has 156 valence electrons. The summed E-state index contributed by atoms with van der Waals surface area (Å²) in [5, 5.41) is 3.04. The van der Waals surface area contributed by atoms with E-state index in [1.165, 1.54) is 0 Å². The van der Waals surface area contributed by atoms with Gasteiger partial charge < -0.3 is 28.4 Å². The first kappa shape index (κ1) is 23.4. The Kier molecular flexibility index (Phi) is 11.7. The van der Waals surface area contributed by atoms with Gasteiger partial charge in [0, 0.05) is 42.7 Å². The summed E-state index contributed by atoms with van der Waals surface area (Å²) in [6, 6.07) is 0. The zero-order chi connectivity index (χ0) is 20.1. The monoisotopic (exact) mass is 390 g/mol. The van der Waals surface area contributed by atoms with Crippen molar-refractivity contribution in [3.63, 3.8) is 0 Å². The van der Waals surface area contributed by atoms with Crippen LogP contribution in [0.4, 0.5) is 11.9 Å². The van der Waals surface area contributed by atoms with E-state index < -0.39 is 6.23 Å². The van der Waals surface area contributed by atoms with Gasteiger partial charge in [-0.2, -0.15) is 15.0 Å². The zero-order valence-corrected chi connectivity index (χ0v) is 16.8.